The van der Waals surface area contributed by atoms with E-state index in [1.54, 1.807) is 0 Å². The van der Waals surface area contributed by atoms with Crippen LogP contribution >= 0.6 is 0 Å². The average molecular weight is 252 g/mol. The van der Waals surface area contributed by atoms with Crippen LogP contribution in [0.1, 0.15) is 38.8 Å². The first kappa shape index (κ1) is 14.4. The highest BCUT2D eigenvalue weighted by Crippen LogP contribution is 2.10. The van der Waals surface area contributed by atoms with Crippen molar-refractivity contribution in [2.45, 2.75) is 40.5 Å². The lowest BCUT2D eigenvalue weighted by Gasteiger charge is -2.19. The van der Waals surface area contributed by atoms with Crippen LogP contribution in [0.25, 0.3) is 0 Å². The van der Waals surface area contributed by atoms with Crippen LogP contribution in [0.5, 0.6) is 0 Å². The molecule has 96 valence electrons. The summed E-state index contributed by atoms with van der Waals surface area (Å²) in [6, 6.07) is 6.53. The van der Waals surface area contributed by atoms with Gasteiger partial charge in [-0.2, -0.15) is 0 Å². The zero-order chi connectivity index (χ0) is 12.7. The fourth-order valence-corrected chi connectivity index (χ4v) is 4.17. The number of aryl methyl sites for hydroxylation is 1. The summed E-state index contributed by atoms with van der Waals surface area (Å²) >= 11 is 0. The molecule has 0 amide bonds. The Labute approximate surface area is 107 Å². The van der Waals surface area contributed by atoms with Crippen LogP contribution in [-0.4, -0.2) is 22.5 Å². The predicted octanol–water partition coefficient (Wildman–Crippen LogP) is 2.31. The van der Waals surface area contributed by atoms with Crippen molar-refractivity contribution in [3.8, 4) is 0 Å². The summed E-state index contributed by atoms with van der Waals surface area (Å²) in [6.07, 6.45) is 2.14. The standard InChI is InChI=1S/C14H24O2Si/c1-5-12-10-9-11-14(13(12)6-2)17(15-7-3)16-8-4/h9-11,17H,5-8H2,1-4H3. The normalized spacial score (nSPS) is 11.1. The van der Waals surface area contributed by atoms with Crippen molar-refractivity contribution in [3.05, 3.63) is 29.3 Å². The van der Waals surface area contributed by atoms with Gasteiger partial charge in [0, 0.05) is 13.2 Å². The minimum Gasteiger partial charge on any atom is -0.394 e. The molecular weight excluding hydrogens is 228 g/mol. The van der Waals surface area contributed by atoms with Crippen molar-refractivity contribution in [3.63, 3.8) is 0 Å². The van der Waals surface area contributed by atoms with Crippen molar-refractivity contribution in [2.24, 2.45) is 0 Å². The van der Waals surface area contributed by atoms with Crippen LogP contribution in [0.2, 0.25) is 0 Å². The van der Waals surface area contributed by atoms with E-state index in [4.69, 9.17) is 8.85 Å². The summed E-state index contributed by atoms with van der Waals surface area (Å²) in [5.74, 6) is 0. The fraction of sp³-hybridized carbons (Fsp3) is 0.571. The summed E-state index contributed by atoms with van der Waals surface area (Å²) < 4.78 is 11.7. The number of benzene rings is 1. The van der Waals surface area contributed by atoms with E-state index in [1.165, 1.54) is 16.3 Å². The summed E-state index contributed by atoms with van der Waals surface area (Å²) in [7, 11) is -1.69. The molecule has 0 radical (unpaired) electrons. The van der Waals surface area contributed by atoms with Gasteiger partial charge in [0.1, 0.15) is 0 Å². The monoisotopic (exact) mass is 252 g/mol. The van der Waals surface area contributed by atoms with Gasteiger partial charge < -0.3 is 8.85 Å². The van der Waals surface area contributed by atoms with E-state index in [-0.39, 0.29) is 0 Å². The van der Waals surface area contributed by atoms with Crippen LogP contribution in [0.3, 0.4) is 0 Å². The van der Waals surface area contributed by atoms with Gasteiger partial charge in [0.15, 0.2) is 0 Å². The van der Waals surface area contributed by atoms with E-state index in [0.717, 1.165) is 26.1 Å². The van der Waals surface area contributed by atoms with E-state index in [2.05, 4.69) is 32.0 Å². The molecular formula is C14H24O2Si. The Morgan fingerprint density at radius 2 is 1.59 bits per heavy atom. The van der Waals surface area contributed by atoms with Gasteiger partial charge in [0.05, 0.1) is 0 Å². The minimum absolute atomic E-state index is 0.733. The van der Waals surface area contributed by atoms with Crippen LogP contribution in [0, 0.1) is 0 Å². The fourth-order valence-electron chi connectivity index (χ4n) is 2.17. The lowest BCUT2D eigenvalue weighted by atomic mass is 10.0. The summed E-state index contributed by atoms with van der Waals surface area (Å²) in [4.78, 5) is 0. The maximum absolute atomic E-state index is 5.83. The quantitative estimate of drug-likeness (QED) is 0.693. The van der Waals surface area contributed by atoms with Gasteiger partial charge in [-0.05, 0) is 43.0 Å². The molecule has 0 unspecified atom stereocenters. The van der Waals surface area contributed by atoms with Gasteiger partial charge in [0.2, 0.25) is 0 Å². The molecule has 0 aromatic heterocycles. The summed E-state index contributed by atoms with van der Waals surface area (Å²) in [5, 5.41) is 1.33. The zero-order valence-corrected chi connectivity index (χ0v) is 12.6. The lowest BCUT2D eigenvalue weighted by molar-refractivity contribution is 0.225. The Morgan fingerprint density at radius 1 is 0.941 bits per heavy atom. The molecule has 1 rings (SSSR count). The van der Waals surface area contributed by atoms with Crippen molar-refractivity contribution < 1.29 is 8.85 Å². The molecule has 1 aromatic carbocycles. The second-order valence-corrected chi connectivity index (χ2v) is 5.89. The van der Waals surface area contributed by atoms with Crippen molar-refractivity contribution in [2.75, 3.05) is 13.2 Å². The maximum atomic E-state index is 5.83. The Hall–Kier alpha value is -0.643. The predicted molar refractivity (Wildman–Crippen MR) is 75.2 cm³/mol. The van der Waals surface area contributed by atoms with E-state index in [1.807, 2.05) is 13.8 Å². The van der Waals surface area contributed by atoms with Gasteiger partial charge in [-0.25, -0.2) is 0 Å². The first-order valence-corrected chi connectivity index (χ1v) is 8.14. The Balaban J connectivity index is 3.07. The van der Waals surface area contributed by atoms with Crippen molar-refractivity contribution in [1.82, 2.24) is 0 Å². The van der Waals surface area contributed by atoms with Crippen LogP contribution in [0.15, 0.2) is 18.2 Å². The molecule has 0 bridgehead atoms. The highest BCUT2D eigenvalue weighted by atomic mass is 28.3. The molecule has 0 heterocycles. The van der Waals surface area contributed by atoms with Gasteiger partial charge >= 0.3 is 9.28 Å². The molecule has 0 saturated carbocycles. The van der Waals surface area contributed by atoms with Gasteiger partial charge in [-0.15, -0.1) is 0 Å². The molecule has 0 spiro atoms. The molecule has 0 fully saturated rings. The molecule has 2 nitrogen and oxygen atoms in total. The van der Waals surface area contributed by atoms with E-state index in [0.29, 0.717) is 0 Å². The SMILES string of the molecule is CCO[SiH](OCC)c1cccc(CC)c1CC. The molecule has 0 saturated heterocycles. The third-order valence-electron chi connectivity index (χ3n) is 2.93. The van der Waals surface area contributed by atoms with E-state index in [9.17, 15) is 0 Å². The molecule has 0 aliphatic heterocycles. The summed E-state index contributed by atoms with van der Waals surface area (Å²) in [5.41, 5.74) is 2.87. The highest BCUT2D eigenvalue weighted by Gasteiger charge is 2.19. The average Bonchev–Trinajstić information content (AvgIpc) is 2.37. The lowest BCUT2D eigenvalue weighted by Crippen LogP contribution is -2.39. The van der Waals surface area contributed by atoms with E-state index < -0.39 is 9.28 Å². The van der Waals surface area contributed by atoms with Crippen molar-refractivity contribution >= 4 is 14.5 Å². The summed E-state index contributed by atoms with van der Waals surface area (Å²) in [6.45, 7) is 9.95. The number of hydrogen-bond acceptors (Lipinski definition) is 2. The Morgan fingerprint density at radius 3 is 2.06 bits per heavy atom. The Kier molecular flexibility index (Phi) is 6.48. The number of rotatable bonds is 7. The van der Waals surface area contributed by atoms with Crippen LogP contribution in [-0.2, 0) is 21.7 Å². The minimum atomic E-state index is -1.69. The smallest absolute Gasteiger partial charge is 0.356 e. The van der Waals surface area contributed by atoms with Gasteiger partial charge in [0.25, 0.3) is 0 Å². The Bertz CT molecular complexity index is 333. The molecule has 0 aliphatic carbocycles. The van der Waals surface area contributed by atoms with Crippen molar-refractivity contribution in [1.29, 1.82) is 0 Å². The zero-order valence-electron chi connectivity index (χ0n) is 11.5. The van der Waals surface area contributed by atoms with E-state index >= 15 is 0 Å². The molecule has 0 N–H and O–H groups in total. The largest absolute Gasteiger partial charge is 0.394 e. The first-order chi connectivity index (χ1) is 8.28. The molecule has 1 aromatic rings. The van der Waals surface area contributed by atoms with Gasteiger partial charge in [-0.1, -0.05) is 32.0 Å². The second kappa shape index (κ2) is 7.64. The topological polar surface area (TPSA) is 18.5 Å². The highest BCUT2D eigenvalue weighted by molar-refractivity contribution is 6.61. The third-order valence-corrected chi connectivity index (χ3v) is 5.25. The first-order valence-electron chi connectivity index (χ1n) is 6.62. The molecule has 17 heavy (non-hydrogen) atoms. The molecule has 3 heteroatoms. The second-order valence-electron chi connectivity index (χ2n) is 3.93. The van der Waals surface area contributed by atoms with Crippen LogP contribution < -0.4 is 5.19 Å². The molecule has 0 aliphatic rings. The van der Waals surface area contributed by atoms with Gasteiger partial charge in [-0.3, -0.25) is 0 Å². The van der Waals surface area contributed by atoms with Crippen LogP contribution in [0.4, 0.5) is 0 Å². The maximum Gasteiger partial charge on any atom is 0.356 e. The molecule has 0 atom stereocenters. The number of hydrogen-bond donors (Lipinski definition) is 0. The third kappa shape index (κ3) is 3.66.